The molecule has 74 valence electrons. The zero-order chi connectivity index (χ0) is 10.7. The van der Waals surface area contributed by atoms with Gasteiger partial charge in [-0.15, -0.1) is 0 Å². The molecule has 1 aromatic rings. The zero-order valence-electron chi connectivity index (χ0n) is 7.58. The summed E-state index contributed by atoms with van der Waals surface area (Å²) in [5, 5.41) is 8.72. The molecule has 0 bridgehead atoms. The maximum atomic E-state index is 10.6. The normalized spacial score (nSPS) is 9.57. The van der Waals surface area contributed by atoms with E-state index in [4.69, 9.17) is 9.84 Å². The Labute approximate surface area is 90.1 Å². The Morgan fingerprint density at radius 1 is 1.57 bits per heavy atom. The molecule has 0 spiro atoms. The molecule has 0 aliphatic heterocycles. The number of benzene rings is 1. The second-order valence-electron chi connectivity index (χ2n) is 2.63. The lowest BCUT2D eigenvalue weighted by Crippen LogP contribution is -1.98. The van der Waals surface area contributed by atoms with Gasteiger partial charge in [0, 0.05) is 0 Å². The predicted octanol–water partition coefficient (Wildman–Crippen LogP) is 2.56. The summed E-state index contributed by atoms with van der Waals surface area (Å²) >= 11 is 3.27. The Hall–Kier alpha value is -1.29. The number of ether oxygens (including phenoxy) is 1. The van der Waals surface area contributed by atoms with E-state index in [1.807, 2.05) is 0 Å². The third-order valence-electron chi connectivity index (χ3n) is 1.76. The lowest BCUT2D eigenvalue weighted by Gasteiger charge is -2.06. The molecule has 1 rings (SSSR count). The Bertz CT molecular complexity index is 385. The van der Waals surface area contributed by atoms with Crippen LogP contribution in [0.15, 0.2) is 29.3 Å². The van der Waals surface area contributed by atoms with E-state index in [-0.39, 0.29) is 5.57 Å². The molecule has 0 amide bonds. The van der Waals surface area contributed by atoms with Gasteiger partial charge in [0.25, 0.3) is 0 Å². The molecule has 4 heteroatoms. The fourth-order valence-electron chi connectivity index (χ4n) is 0.971. The van der Waals surface area contributed by atoms with Gasteiger partial charge in [-0.3, -0.25) is 0 Å². The molecule has 1 aromatic carbocycles. The van der Waals surface area contributed by atoms with Crippen LogP contribution in [-0.2, 0) is 4.79 Å². The highest BCUT2D eigenvalue weighted by Gasteiger charge is 2.09. The van der Waals surface area contributed by atoms with Crippen molar-refractivity contribution in [3.05, 3.63) is 34.8 Å². The number of methoxy groups -OCH3 is 1. The van der Waals surface area contributed by atoms with Crippen LogP contribution in [0.5, 0.6) is 5.75 Å². The highest BCUT2D eigenvalue weighted by atomic mass is 79.9. The topological polar surface area (TPSA) is 46.5 Å². The first-order chi connectivity index (χ1) is 6.56. The van der Waals surface area contributed by atoms with Crippen molar-refractivity contribution in [1.82, 2.24) is 0 Å². The van der Waals surface area contributed by atoms with Gasteiger partial charge in [0.15, 0.2) is 0 Å². The van der Waals surface area contributed by atoms with E-state index in [2.05, 4.69) is 22.5 Å². The molecule has 0 saturated heterocycles. The summed E-state index contributed by atoms with van der Waals surface area (Å²) in [6.45, 7) is 3.46. The van der Waals surface area contributed by atoms with E-state index in [0.717, 1.165) is 4.47 Å². The lowest BCUT2D eigenvalue weighted by atomic mass is 10.1. The van der Waals surface area contributed by atoms with Gasteiger partial charge in [0.2, 0.25) is 0 Å². The van der Waals surface area contributed by atoms with Crippen LogP contribution >= 0.6 is 15.9 Å². The summed E-state index contributed by atoms with van der Waals surface area (Å²) in [7, 11) is 1.52. The maximum Gasteiger partial charge on any atom is 0.335 e. The van der Waals surface area contributed by atoms with E-state index in [1.54, 1.807) is 18.2 Å². The van der Waals surface area contributed by atoms with Crippen LogP contribution in [0.1, 0.15) is 5.56 Å². The van der Waals surface area contributed by atoms with Crippen LogP contribution in [0.25, 0.3) is 5.57 Å². The minimum absolute atomic E-state index is 0.0517. The molecule has 0 unspecified atom stereocenters. The largest absolute Gasteiger partial charge is 0.496 e. The molecule has 1 N–H and O–H groups in total. The first kappa shape index (κ1) is 10.8. The number of halogens is 1. The highest BCUT2D eigenvalue weighted by Crippen LogP contribution is 2.28. The summed E-state index contributed by atoms with van der Waals surface area (Å²) in [5.74, 6) is -0.445. The number of carbonyl (C=O) groups is 1. The minimum atomic E-state index is -1.03. The second kappa shape index (κ2) is 4.28. The van der Waals surface area contributed by atoms with E-state index in [0.29, 0.717) is 11.3 Å². The molecule has 0 heterocycles. The number of hydrogen-bond acceptors (Lipinski definition) is 2. The number of carboxylic acid groups (broad SMARTS) is 1. The Morgan fingerprint density at radius 2 is 2.21 bits per heavy atom. The van der Waals surface area contributed by atoms with Gasteiger partial charge in [-0.05, 0) is 33.6 Å². The van der Waals surface area contributed by atoms with E-state index >= 15 is 0 Å². The van der Waals surface area contributed by atoms with Gasteiger partial charge in [-0.1, -0.05) is 12.6 Å². The van der Waals surface area contributed by atoms with E-state index in [1.165, 1.54) is 7.11 Å². The maximum absolute atomic E-state index is 10.6. The molecule has 0 radical (unpaired) electrons. The van der Waals surface area contributed by atoms with Crippen LogP contribution in [0, 0.1) is 0 Å². The molecule has 0 aliphatic rings. The first-order valence-electron chi connectivity index (χ1n) is 3.82. The highest BCUT2D eigenvalue weighted by molar-refractivity contribution is 9.10. The van der Waals surface area contributed by atoms with Crippen molar-refractivity contribution in [3.8, 4) is 5.75 Å². The number of carboxylic acids is 1. The van der Waals surface area contributed by atoms with Crippen molar-refractivity contribution in [2.75, 3.05) is 7.11 Å². The second-order valence-corrected chi connectivity index (χ2v) is 3.49. The number of rotatable bonds is 3. The average Bonchev–Trinajstić information content (AvgIpc) is 2.17. The molecule has 0 aromatic heterocycles. The minimum Gasteiger partial charge on any atom is -0.496 e. The van der Waals surface area contributed by atoms with Gasteiger partial charge < -0.3 is 9.84 Å². The van der Waals surface area contributed by atoms with Crippen LogP contribution in [0.3, 0.4) is 0 Å². The monoisotopic (exact) mass is 256 g/mol. The SMILES string of the molecule is C=C(C(=O)O)c1ccc(Br)c(OC)c1. The van der Waals surface area contributed by atoms with Crippen LogP contribution in [0.2, 0.25) is 0 Å². The fourth-order valence-corrected chi connectivity index (χ4v) is 1.38. The third-order valence-corrected chi connectivity index (χ3v) is 2.41. The molecule has 0 saturated carbocycles. The molecule has 3 nitrogen and oxygen atoms in total. The zero-order valence-corrected chi connectivity index (χ0v) is 9.17. The molecule has 14 heavy (non-hydrogen) atoms. The van der Waals surface area contributed by atoms with Gasteiger partial charge in [0.05, 0.1) is 17.2 Å². The van der Waals surface area contributed by atoms with Crippen LogP contribution < -0.4 is 4.74 Å². The van der Waals surface area contributed by atoms with Crippen molar-refractivity contribution in [2.24, 2.45) is 0 Å². The smallest absolute Gasteiger partial charge is 0.335 e. The standard InChI is InChI=1S/C10H9BrO3/c1-6(10(12)13)7-3-4-8(11)9(5-7)14-2/h3-5H,1H2,2H3,(H,12,13). The van der Waals surface area contributed by atoms with Gasteiger partial charge in [-0.25, -0.2) is 4.79 Å². The van der Waals surface area contributed by atoms with Gasteiger partial charge in [0.1, 0.15) is 5.75 Å². The molecule has 0 aliphatic carbocycles. The quantitative estimate of drug-likeness (QED) is 0.846. The Morgan fingerprint density at radius 3 is 2.71 bits per heavy atom. The summed E-state index contributed by atoms with van der Waals surface area (Å²) in [6, 6.07) is 5.02. The van der Waals surface area contributed by atoms with Crippen molar-refractivity contribution in [3.63, 3.8) is 0 Å². The summed E-state index contributed by atoms with van der Waals surface area (Å²) < 4.78 is 5.81. The number of aliphatic carboxylic acids is 1. The van der Waals surface area contributed by atoms with Crippen molar-refractivity contribution < 1.29 is 14.6 Å². The van der Waals surface area contributed by atoms with Crippen LogP contribution in [-0.4, -0.2) is 18.2 Å². The first-order valence-corrected chi connectivity index (χ1v) is 4.61. The molecule has 0 atom stereocenters. The fraction of sp³-hybridized carbons (Fsp3) is 0.100. The van der Waals surface area contributed by atoms with E-state index in [9.17, 15) is 4.79 Å². The molecule has 0 fully saturated rings. The Kier molecular flexibility index (Phi) is 3.30. The molecular weight excluding hydrogens is 248 g/mol. The van der Waals surface area contributed by atoms with Crippen molar-refractivity contribution in [2.45, 2.75) is 0 Å². The summed E-state index contributed by atoms with van der Waals surface area (Å²) in [5.41, 5.74) is 0.591. The predicted molar refractivity (Wildman–Crippen MR) is 57.4 cm³/mol. The number of hydrogen-bond donors (Lipinski definition) is 1. The van der Waals surface area contributed by atoms with E-state index < -0.39 is 5.97 Å². The van der Waals surface area contributed by atoms with Crippen molar-refractivity contribution >= 4 is 27.5 Å². The van der Waals surface area contributed by atoms with Gasteiger partial charge >= 0.3 is 5.97 Å². The Balaban J connectivity index is 3.12. The third kappa shape index (κ3) is 2.14. The summed E-state index contributed by atoms with van der Waals surface area (Å²) in [4.78, 5) is 10.6. The molecular formula is C10H9BrO3. The van der Waals surface area contributed by atoms with Crippen LogP contribution in [0.4, 0.5) is 0 Å². The van der Waals surface area contributed by atoms with Gasteiger partial charge in [-0.2, -0.15) is 0 Å². The average molecular weight is 257 g/mol. The summed E-state index contributed by atoms with van der Waals surface area (Å²) in [6.07, 6.45) is 0. The van der Waals surface area contributed by atoms with Crippen molar-refractivity contribution in [1.29, 1.82) is 0 Å². The lowest BCUT2D eigenvalue weighted by molar-refractivity contribution is -0.130.